The van der Waals surface area contributed by atoms with E-state index in [1.807, 2.05) is 4.90 Å². The Kier molecular flexibility index (Phi) is 6.16. The van der Waals surface area contributed by atoms with E-state index in [0.717, 1.165) is 51.6 Å². The van der Waals surface area contributed by atoms with Crippen molar-refractivity contribution in [3.63, 3.8) is 0 Å². The molecule has 1 saturated carbocycles. The van der Waals surface area contributed by atoms with Gasteiger partial charge in [-0.25, -0.2) is 0 Å². The number of carbonyl (C=O) groups is 2. The lowest BCUT2D eigenvalue weighted by molar-refractivity contribution is -0.142. The lowest BCUT2D eigenvalue weighted by atomic mass is 9.78. The van der Waals surface area contributed by atoms with Crippen LogP contribution < -0.4 is 5.73 Å². The molecule has 2 N–H and O–H groups in total. The minimum absolute atomic E-state index is 0.141. The van der Waals surface area contributed by atoms with Crippen molar-refractivity contribution >= 4 is 11.8 Å². The summed E-state index contributed by atoms with van der Waals surface area (Å²) in [6.45, 7) is 5.72. The quantitative estimate of drug-likeness (QED) is 0.787. The number of nitrogens with zero attached hydrogens (tertiary/aromatic N) is 1. The van der Waals surface area contributed by atoms with Gasteiger partial charge in [0.1, 0.15) is 0 Å². The van der Waals surface area contributed by atoms with E-state index in [9.17, 15) is 9.59 Å². The first-order valence-corrected chi connectivity index (χ1v) is 7.19. The molecule has 2 unspecified atom stereocenters. The van der Waals surface area contributed by atoms with E-state index in [1.54, 1.807) is 0 Å². The van der Waals surface area contributed by atoms with Crippen molar-refractivity contribution < 1.29 is 9.59 Å². The Morgan fingerprint density at radius 3 is 2.00 bits per heavy atom. The van der Waals surface area contributed by atoms with Crippen LogP contribution in [-0.2, 0) is 9.59 Å². The summed E-state index contributed by atoms with van der Waals surface area (Å²) in [5, 5.41) is 0. The molecule has 18 heavy (non-hydrogen) atoms. The summed E-state index contributed by atoms with van der Waals surface area (Å²) in [4.78, 5) is 25.9. The minimum atomic E-state index is -0.305. The van der Waals surface area contributed by atoms with Crippen LogP contribution in [0.5, 0.6) is 0 Å². The van der Waals surface area contributed by atoms with Gasteiger partial charge in [-0.2, -0.15) is 0 Å². The van der Waals surface area contributed by atoms with Gasteiger partial charge in [0.25, 0.3) is 0 Å². The zero-order valence-electron chi connectivity index (χ0n) is 11.7. The highest BCUT2D eigenvalue weighted by Crippen LogP contribution is 2.31. The average Bonchev–Trinajstić information content (AvgIpc) is 2.37. The van der Waals surface area contributed by atoms with Gasteiger partial charge in [-0.3, -0.25) is 9.59 Å². The molecule has 2 atom stereocenters. The maximum absolute atomic E-state index is 12.5. The molecule has 0 heterocycles. The second-order valence-corrected chi connectivity index (χ2v) is 5.23. The molecule has 0 radical (unpaired) electrons. The van der Waals surface area contributed by atoms with Crippen molar-refractivity contribution in [1.82, 2.24) is 4.90 Å². The molecule has 0 aromatic heterocycles. The molecule has 0 aromatic rings. The third-order valence-electron chi connectivity index (χ3n) is 3.75. The molecule has 1 aliphatic carbocycles. The van der Waals surface area contributed by atoms with Gasteiger partial charge >= 0.3 is 0 Å². The Bertz CT molecular complexity index is 286. The van der Waals surface area contributed by atoms with Gasteiger partial charge in [-0.1, -0.05) is 26.7 Å². The summed E-state index contributed by atoms with van der Waals surface area (Å²) in [7, 11) is 0. The first-order valence-electron chi connectivity index (χ1n) is 7.19. The third-order valence-corrected chi connectivity index (χ3v) is 3.75. The summed E-state index contributed by atoms with van der Waals surface area (Å²) in [6.07, 6.45) is 5.55. The molecule has 0 aliphatic heterocycles. The Morgan fingerprint density at radius 2 is 1.56 bits per heavy atom. The molecule has 1 aliphatic rings. The van der Waals surface area contributed by atoms with E-state index in [2.05, 4.69) is 13.8 Å². The highest BCUT2D eigenvalue weighted by Gasteiger charge is 2.36. The van der Waals surface area contributed by atoms with Gasteiger partial charge in [0.05, 0.1) is 0 Å². The van der Waals surface area contributed by atoms with Gasteiger partial charge in [0, 0.05) is 24.9 Å². The highest BCUT2D eigenvalue weighted by molar-refractivity contribution is 5.87. The maximum Gasteiger partial charge on any atom is 0.226 e. The molecule has 1 rings (SSSR count). The van der Waals surface area contributed by atoms with Crippen LogP contribution in [0.2, 0.25) is 0 Å². The van der Waals surface area contributed by atoms with E-state index < -0.39 is 0 Å². The predicted molar refractivity (Wildman–Crippen MR) is 71.8 cm³/mol. The summed E-state index contributed by atoms with van der Waals surface area (Å²) >= 11 is 0. The van der Waals surface area contributed by atoms with Crippen molar-refractivity contribution in [3.05, 3.63) is 0 Å². The van der Waals surface area contributed by atoms with Crippen LogP contribution in [0.25, 0.3) is 0 Å². The van der Waals surface area contributed by atoms with Crippen LogP contribution in [0.4, 0.5) is 0 Å². The Labute approximate surface area is 110 Å². The standard InChI is InChI=1S/C14H26N2O2/c1-3-9-16(10-4-2)14(18)12-8-6-5-7-11(12)13(15)17/h11-12H,3-10H2,1-2H3,(H2,15,17). The topological polar surface area (TPSA) is 63.4 Å². The lowest BCUT2D eigenvalue weighted by Gasteiger charge is -2.33. The fourth-order valence-electron chi connectivity index (χ4n) is 2.87. The minimum Gasteiger partial charge on any atom is -0.369 e. The molecule has 0 saturated heterocycles. The van der Waals surface area contributed by atoms with Crippen molar-refractivity contribution in [3.8, 4) is 0 Å². The van der Waals surface area contributed by atoms with Crippen LogP contribution in [-0.4, -0.2) is 29.8 Å². The third kappa shape index (κ3) is 3.72. The van der Waals surface area contributed by atoms with Crippen LogP contribution in [0.1, 0.15) is 52.4 Å². The maximum atomic E-state index is 12.5. The smallest absolute Gasteiger partial charge is 0.226 e. The molecule has 1 fully saturated rings. The number of rotatable bonds is 6. The van der Waals surface area contributed by atoms with E-state index in [4.69, 9.17) is 5.73 Å². The number of hydrogen-bond acceptors (Lipinski definition) is 2. The van der Waals surface area contributed by atoms with Gasteiger partial charge in [-0.05, 0) is 25.7 Å². The van der Waals surface area contributed by atoms with Gasteiger partial charge in [-0.15, -0.1) is 0 Å². The zero-order valence-corrected chi connectivity index (χ0v) is 11.7. The second-order valence-electron chi connectivity index (χ2n) is 5.23. The number of hydrogen-bond donors (Lipinski definition) is 1. The van der Waals surface area contributed by atoms with Gasteiger partial charge in [0.2, 0.25) is 11.8 Å². The van der Waals surface area contributed by atoms with Crippen LogP contribution in [0.3, 0.4) is 0 Å². The van der Waals surface area contributed by atoms with Crippen LogP contribution in [0.15, 0.2) is 0 Å². The molecular formula is C14H26N2O2. The molecule has 4 heteroatoms. The summed E-state index contributed by atoms with van der Waals surface area (Å²) in [5.74, 6) is -0.583. The number of primary amides is 1. The normalized spacial score (nSPS) is 23.7. The predicted octanol–water partition coefficient (Wildman–Crippen LogP) is 1.93. The Hall–Kier alpha value is -1.06. The molecular weight excluding hydrogens is 228 g/mol. The number of carbonyl (C=O) groups excluding carboxylic acids is 2. The SMILES string of the molecule is CCCN(CCC)C(=O)C1CCCCC1C(N)=O. The van der Waals surface area contributed by atoms with Crippen molar-refractivity contribution in [2.45, 2.75) is 52.4 Å². The van der Waals surface area contributed by atoms with Crippen molar-refractivity contribution in [1.29, 1.82) is 0 Å². The van der Waals surface area contributed by atoms with E-state index in [-0.39, 0.29) is 23.7 Å². The van der Waals surface area contributed by atoms with Crippen LogP contribution in [0, 0.1) is 11.8 Å². The first kappa shape index (κ1) is 15.0. The van der Waals surface area contributed by atoms with Crippen LogP contribution >= 0.6 is 0 Å². The highest BCUT2D eigenvalue weighted by atomic mass is 16.2. The fourth-order valence-corrected chi connectivity index (χ4v) is 2.87. The Balaban J connectivity index is 2.73. The summed E-state index contributed by atoms with van der Waals surface area (Å²) in [5.41, 5.74) is 5.43. The molecule has 0 bridgehead atoms. The van der Waals surface area contributed by atoms with E-state index in [1.165, 1.54) is 0 Å². The fraction of sp³-hybridized carbons (Fsp3) is 0.857. The van der Waals surface area contributed by atoms with E-state index >= 15 is 0 Å². The van der Waals surface area contributed by atoms with Crippen molar-refractivity contribution in [2.75, 3.05) is 13.1 Å². The molecule has 0 spiro atoms. The summed E-state index contributed by atoms with van der Waals surface area (Å²) < 4.78 is 0. The van der Waals surface area contributed by atoms with Gasteiger partial charge < -0.3 is 10.6 Å². The van der Waals surface area contributed by atoms with E-state index in [0.29, 0.717) is 0 Å². The lowest BCUT2D eigenvalue weighted by Crippen LogP contribution is -2.44. The average molecular weight is 254 g/mol. The zero-order chi connectivity index (χ0) is 13.5. The number of nitrogens with two attached hydrogens (primary N) is 1. The monoisotopic (exact) mass is 254 g/mol. The Morgan fingerprint density at radius 1 is 1.06 bits per heavy atom. The molecule has 0 aromatic carbocycles. The second kappa shape index (κ2) is 7.39. The van der Waals surface area contributed by atoms with Gasteiger partial charge in [0.15, 0.2) is 0 Å². The first-order chi connectivity index (χ1) is 8.61. The molecule has 104 valence electrons. The molecule has 4 nitrogen and oxygen atoms in total. The molecule has 2 amide bonds. The largest absolute Gasteiger partial charge is 0.369 e. The summed E-state index contributed by atoms with van der Waals surface area (Å²) in [6, 6.07) is 0. The number of amides is 2. The van der Waals surface area contributed by atoms with Crippen molar-refractivity contribution in [2.24, 2.45) is 17.6 Å².